The zero-order valence-corrected chi connectivity index (χ0v) is 16.7. The van der Waals surface area contributed by atoms with E-state index in [1.54, 1.807) is 17.1 Å². The second-order valence-corrected chi connectivity index (χ2v) is 6.57. The van der Waals surface area contributed by atoms with Crippen LogP contribution in [-0.4, -0.2) is 38.7 Å². The van der Waals surface area contributed by atoms with Crippen molar-refractivity contribution in [2.24, 2.45) is 0 Å². The molecule has 146 valence electrons. The van der Waals surface area contributed by atoms with E-state index < -0.39 is 0 Å². The molecular weight excluding hydrogens is 350 g/mol. The van der Waals surface area contributed by atoms with Crippen LogP contribution in [0.5, 0.6) is 0 Å². The van der Waals surface area contributed by atoms with Gasteiger partial charge < -0.3 is 5.32 Å². The molecule has 6 nitrogen and oxygen atoms in total. The minimum absolute atomic E-state index is 0.154. The molecule has 0 fully saturated rings. The van der Waals surface area contributed by atoms with E-state index in [4.69, 9.17) is 0 Å². The molecule has 0 aliphatic carbocycles. The van der Waals surface area contributed by atoms with E-state index in [-0.39, 0.29) is 5.91 Å². The Kier molecular flexibility index (Phi) is 6.55. The Labute approximate surface area is 166 Å². The SMILES string of the molecule is CCc1c(C(=O)Nc2cccc(CN(CC)CC)c2)cnn1-c1ccccn1. The van der Waals surface area contributed by atoms with E-state index in [2.05, 4.69) is 40.2 Å². The van der Waals surface area contributed by atoms with Gasteiger partial charge in [-0.2, -0.15) is 5.10 Å². The molecule has 28 heavy (non-hydrogen) atoms. The van der Waals surface area contributed by atoms with Gasteiger partial charge in [0.05, 0.1) is 17.5 Å². The predicted molar refractivity (Wildman–Crippen MR) is 112 cm³/mol. The van der Waals surface area contributed by atoms with Crippen molar-refractivity contribution in [2.75, 3.05) is 18.4 Å². The standard InChI is InChI=1S/C22H27N5O/c1-4-20-19(15-24-27(20)21-12-7-8-13-23-21)22(28)25-18-11-9-10-17(14-18)16-26(5-2)6-3/h7-15H,4-6,16H2,1-3H3,(H,25,28). The predicted octanol–water partition coefficient (Wildman–Crippen LogP) is 3.92. The van der Waals surface area contributed by atoms with Crippen LogP contribution >= 0.6 is 0 Å². The highest BCUT2D eigenvalue weighted by Crippen LogP contribution is 2.18. The molecule has 0 spiro atoms. The molecule has 2 aromatic heterocycles. The fraction of sp³-hybridized carbons (Fsp3) is 0.318. The smallest absolute Gasteiger partial charge is 0.259 e. The molecule has 0 unspecified atom stereocenters. The fourth-order valence-corrected chi connectivity index (χ4v) is 3.23. The first-order valence-corrected chi connectivity index (χ1v) is 9.77. The van der Waals surface area contributed by atoms with Crippen LogP contribution < -0.4 is 5.32 Å². The Morgan fingerprint density at radius 1 is 1.11 bits per heavy atom. The van der Waals surface area contributed by atoms with Gasteiger partial charge in [0.15, 0.2) is 5.82 Å². The molecule has 0 saturated heterocycles. The van der Waals surface area contributed by atoms with Gasteiger partial charge in [-0.05, 0) is 49.3 Å². The summed E-state index contributed by atoms with van der Waals surface area (Å²) < 4.78 is 1.73. The zero-order chi connectivity index (χ0) is 19.9. The number of nitrogens with one attached hydrogen (secondary N) is 1. The van der Waals surface area contributed by atoms with E-state index in [0.29, 0.717) is 17.8 Å². The van der Waals surface area contributed by atoms with E-state index >= 15 is 0 Å². The lowest BCUT2D eigenvalue weighted by Crippen LogP contribution is -2.22. The Morgan fingerprint density at radius 3 is 2.61 bits per heavy atom. The number of benzene rings is 1. The lowest BCUT2D eigenvalue weighted by atomic mass is 10.1. The topological polar surface area (TPSA) is 63.1 Å². The second-order valence-electron chi connectivity index (χ2n) is 6.57. The van der Waals surface area contributed by atoms with E-state index in [0.717, 1.165) is 31.0 Å². The number of carbonyl (C=O) groups excluding carboxylic acids is 1. The van der Waals surface area contributed by atoms with E-state index in [9.17, 15) is 4.79 Å². The van der Waals surface area contributed by atoms with Crippen LogP contribution in [0.3, 0.4) is 0 Å². The average Bonchev–Trinajstić information content (AvgIpc) is 3.17. The second kappa shape index (κ2) is 9.28. The van der Waals surface area contributed by atoms with Gasteiger partial charge in [-0.1, -0.05) is 39.0 Å². The molecule has 6 heteroatoms. The van der Waals surface area contributed by atoms with Gasteiger partial charge in [0.1, 0.15) is 0 Å². The quantitative estimate of drug-likeness (QED) is 0.646. The van der Waals surface area contributed by atoms with E-state index in [1.807, 2.05) is 43.3 Å². The first-order valence-electron chi connectivity index (χ1n) is 9.77. The van der Waals surface area contributed by atoms with Crippen molar-refractivity contribution in [1.82, 2.24) is 19.7 Å². The number of hydrogen-bond acceptors (Lipinski definition) is 4. The largest absolute Gasteiger partial charge is 0.322 e. The van der Waals surface area contributed by atoms with Crippen molar-refractivity contribution in [1.29, 1.82) is 0 Å². The highest BCUT2D eigenvalue weighted by molar-refractivity contribution is 6.05. The fourth-order valence-electron chi connectivity index (χ4n) is 3.23. The normalized spacial score (nSPS) is 11.0. The lowest BCUT2D eigenvalue weighted by molar-refractivity contribution is 0.102. The maximum atomic E-state index is 12.9. The molecular formula is C22H27N5O. The first kappa shape index (κ1) is 19.8. The van der Waals surface area contributed by atoms with Gasteiger partial charge in [-0.3, -0.25) is 9.69 Å². The third-order valence-electron chi connectivity index (χ3n) is 4.80. The minimum atomic E-state index is -0.154. The molecule has 0 aliphatic heterocycles. The van der Waals surface area contributed by atoms with Gasteiger partial charge in [0.25, 0.3) is 5.91 Å². The van der Waals surface area contributed by atoms with Gasteiger partial charge in [0, 0.05) is 18.4 Å². The number of aromatic nitrogens is 3. The summed E-state index contributed by atoms with van der Waals surface area (Å²) >= 11 is 0. The summed E-state index contributed by atoms with van der Waals surface area (Å²) in [6.45, 7) is 9.19. The van der Waals surface area contributed by atoms with Crippen LogP contribution in [0.1, 0.15) is 42.4 Å². The van der Waals surface area contributed by atoms with E-state index in [1.165, 1.54) is 5.56 Å². The summed E-state index contributed by atoms with van der Waals surface area (Å²) in [5, 5.41) is 7.40. The van der Waals surface area contributed by atoms with Crippen molar-refractivity contribution < 1.29 is 4.79 Å². The number of amides is 1. The third-order valence-corrected chi connectivity index (χ3v) is 4.80. The Morgan fingerprint density at radius 2 is 1.93 bits per heavy atom. The Hall–Kier alpha value is -2.99. The van der Waals surface area contributed by atoms with Crippen molar-refractivity contribution >= 4 is 11.6 Å². The number of hydrogen-bond donors (Lipinski definition) is 1. The van der Waals surface area contributed by atoms with Gasteiger partial charge in [-0.25, -0.2) is 9.67 Å². The number of rotatable bonds is 8. The van der Waals surface area contributed by atoms with Crippen LogP contribution in [0, 0.1) is 0 Å². The van der Waals surface area contributed by atoms with Gasteiger partial charge >= 0.3 is 0 Å². The highest BCUT2D eigenvalue weighted by atomic mass is 16.1. The minimum Gasteiger partial charge on any atom is -0.322 e. The summed E-state index contributed by atoms with van der Waals surface area (Å²) in [5.41, 5.74) is 3.39. The number of carbonyl (C=O) groups is 1. The molecule has 0 radical (unpaired) electrons. The number of nitrogens with zero attached hydrogens (tertiary/aromatic N) is 4. The Bertz CT molecular complexity index is 916. The highest BCUT2D eigenvalue weighted by Gasteiger charge is 2.18. The molecule has 0 aliphatic rings. The maximum absolute atomic E-state index is 12.9. The molecule has 0 bridgehead atoms. The molecule has 0 atom stereocenters. The lowest BCUT2D eigenvalue weighted by Gasteiger charge is -2.18. The van der Waals surface area contributed by atoms with Gasteiger partial charge in [0.2, 0.25) is 0 Å². The van der Waals surface area contributed by atoms with Crippen molar-refractivity contribution in [3.8, 4) is 5.82 Å². The first-order chi connectivity index (χ1) is 13.7. The molecule has 1 aromatic carbocycles. The molecule has 2 heterocycles. The van der Waals surface area contributed by atoms with Crippen LogP contribution in [0.4, 0.5) is 5.69 Å². The van der Waals surface area contributed by atoms with Crippen molar-refractivity contribution in [3.63, 3.8) is 0 Å². The third kappa shape index (κ3) is 4.46. The monoisotopic (exact) mass is 377 g/mol. The summed E-state index contributed by atoms with van der Waals surface area (Å²) in [6, 6.07) is 13.7. The molecule has 1 N–H and O–H groups in total. The number of anilines is 1. The van der Waals surface area contributed by atoms with Gasteiger partial charge in [-0.15, -0.1) is 0 Å². The van der Waals surface area contributed by atoms with Crippen molar-refractivity contribution in [3.05, 3.63) is 71.7 Å². The van der Waals surface area contributed by atoms with Crippen molar-refractivity contribution in [2.45, 2.75) is 33.7 Å². The van der Waals surface area contributed by atoms with Crippen LogP contribution in [0.15, 0.2) is 54.9 Å². The number of pyridine rings is 1. The molecule has 1 amide bonds. The van der Waals surface area contributed by atoms with Crippen LogP contribution in [0.2, 0.25) is 0 Å². The Balaban J connectivity index is 1.79. The summed E-state index contributed by atoms with van der Waals surface area (Å²) in [4.78, 5) is 19.6. The molecule has 0 saturated carbocycles. The van der Waals surface area contributed by atoms with Crippen LogP contribution in [0.25, 0.3) is 5.82 Å². The molecule has 3 rings (SSSR count). The molecule has 3 aromatic rings. The summed E-state index contributed by atoms with van der Waals surface area (Å²) in [6.07, 6.45) is 4.02. The van der Waals surface area contributed by atoms with Crippen LogP contribution in [-0.2, 0) is 13.0 Å². The summed E-state index contributed by atoms with van der Waals surface area (Å²) in [7, 11) is 0. The zero-order valence-electron chi connectivity index (χ0n) is 16.7. The maximum Gasteiger partial charge on any atom is 0.259 e. The average molecular weight is 377 g/mol. The summed E-state index contributed by atoms with van der Waals surface area (Å²) in [5.74, 6) is 0.554.